The summed E-state index contributed by atoms with van der Waals surface area (Å²) in [7, 11) is 0. The van der Waals surface area contributed by atoms with E-state index in [1.807, 2.05) is 19.1 Å². The second-order valence-electron chi connectivity index (χ2n) is 11.1. The Morgan fingerprint density at radius 2 is 1.87 bits per heavy atom. The van der Waals surface area contributed by atoms with E-state index >= 15 is 0 Å². The molecule has 6 rings (SSSR count). The molecule has 1 aromatic rings. The molecule has 3 saturated heterocycles. The Kier molecular flexibility index (Phi) is 6.90. The number of carbonyl (C=O) groups is 3. The number of hydrogen-bond acceptors (Lipinski definition) is 6. The van der Waals surface area contributed by atoms with Crippen molar-refractivity contribution in [3.05, 3.63) is 36.4 Å². The number of amides is 3. The summed E-state index contributed by atoms with van der Waals surface area (Å²) in [5.74, 6) is -1.44. The van der Waals surface area contributed by atoms with Crippen molar-refractivity contribution in [1.82, 2.24) is 10.2 Å². The van der Waals surface area contributed by atoms with Crippen molar-refractivity contribution in [2.45, 2.75) is 81.8 Å². The van der Waals surface area contributed by atoms with E-state index in [9.17, 15) is 14.4 Å². The maximum Gasteiger partial charge on any atom is 0.246 e. The zero-order chi connectivity index (χ0) is 26.3. The van der Waals surface area contributed by atoms with Gasteiger partial charge in [-0.3, -0.25) is 14.4 Å². The molecule has 2 bridgehead atoms. The standard InChI is InChI=1S/C29H37N3O6/c1-2-36-20-12-10-19(11-13-20)30-26(33)23-22-14-15-29(38-22)24(23)28(35)32(17-21-9-6-16-37-21)25(29)27(34)31-18-7-4-3-5-8-18/h10-15,18,21-25H,2-9,16-17H2,1H3,(H,30,33)(H,31,34)/t21-,22+,23-,24+,25+,29+/m0/s1. The lowest BCUT2D eigenvalue weighted by molar-refractivity contribution is -0.143. The van der Waals surface area contributed by atoms with Gasteiger partial charge in [0.05, 0.1) is 30.7 Å². The van der Waals surface area contributed by atoms with Crippen LogP contribution >= 0.6 is 0 Å². The summed E-state index contributed by atoms with van der Waals surface area (Å²) >= 11 is 0. The molecule has 6 atom stereocenters. The number of anilines is 1. The highest BCUT2D eigenvalue weighted by Gasteiger charge is 2.73. The second-order valence-corrected chi connectivity index (χ2v) is 11.1. The van der Waals surface area contributed by atoms with E-state index in [4.69, 9.17) is 14.2 Å². The van der Waals surface area contributed by atoms with Crippen molar-refractivity contribution in [3.8, 4) is 5.75 Å². The number of nitrogens with zero attached hydrogens (tertiary/aromatic N) is 1. The number of ether oxygens (including phenoxy) is 3. The van der Waals surface area contributed by atoms with E-state index in [1.54, 1.807) is 29.2 Å². The summed E-state index contributed by atoms with van der Waals surface area (Å²) in [6.45, 7) is 3.46. The molecule has 3 amide bonds. The van der Waals surface area contributed by atoms with Crippen LogP contribution in [0, 0.1) is 11.8 Å². The van der Waals surface area contributed by atoms with Crippen molar-refractivity contribution in [2.75, 3.05) is 25.1 Å². The Labute approximate surface area is 223 Å². The highest BCUT2D eigenvalue weighted by atomic mass is 16.5. The fraction of sp³-hybridized carbons (Fsp3) is 0.621. The van der Waals surface area contributed by atoms with Crippen LogP contribution in [0.15, 0.2) is 36.4 Å². The summed E-state index contributed by atoms with van der Waals surface area (Å²) in [4.78, 5) is 43.1. The first-order chi connectivity index (χ1) is 18.5. The zero-order valence-corrected chi connectivity index (χ0v) is 21.9. The lowest BCUT2D eigenvalue weighted by Gasteiger charge is -2.34. The molecule has 204 valence electrons. The fourth-order valence-corrected chi connectivity index (χ4v) is 7.03. The SMILES string of the molecule is CCOc1ccc(NC(=O)[C@H]2[C@H]3C=C[C@@]4(O3)[C@H]2C(=O)N(C[C@@H]2CCCO2)[C@@H]4C(=O)NC2CCCCC2)cc1. The van der Waals surface area contributed by atoms with Crippen LogP contribution < -0.4 is 15.4 Å². The lowest BCUT2D eigenvalue weighted by atomic mass is 9.74. The van der Waals surface area contributed by atoms with Gasteiger partial charge in [0.1, 0.15) is 17.4 Å². The van der Waals surface area contributed by atoms with Crippen molar-refractivity contribution in [3.63, 3.8) is 0 Å². The molecular formula is C29H37N3O6. The number of likely N-dealkylation sites (tertiary alicyclic amines) is 1. The minimum absolute atomic E-state index is 0.104. The van der Waals surface area contributed by atoms with E-state index in [0.717, 1.165) is 44.3 Å². The fourth-order valence-electron chi connectivity index (χ4n) is 7.03. The topological polar surface area (TPSA) is 106 Å². The number of benzene rings is 1. The van der Waals surface area contributed by atoms with Gasteiger partial charge in [0.2, 0.25) is 17.7 Å². The Hall–Kier alpha value is -2.91. The van der Waals surface area contributed by atoms with Crippen molar-refractivity contribution < 1.29 is 28.6 Å². The molecular weight excluding hydrogens is 486 g/mol. The van der Waals surface area contributed by atoms with Gasteiger partial charge in [-0.2, -0.15) is 0 Å². The number of rotatable bonds is 8. The first-order valence-corrected chi connectivity index (χ1v) is 14.1. The molecule has 1 aliphatic carbocycles. The van der Waals surface area contributed by atoms with Crippen LogP contribution in [0.4, 0.5) is 5.69 Å². The molecule has 2 N–H and O–H groups in total. The molecule has 38 heavy (non-hydrogen) atoms. The van der Waals surface area contributed by atoms with Crippen LogP contribution in [0.5, 0.6) is 5.75 Å². The van der Waals surface area contributed by atoms with E-state index < -0.39 is 29.6 Å². The third kappa shape index (κ3) is 4.39. The quantitative estimate of drug-likeness (QED) is 0.508. The molecule has 9 nitrogen and oxygen atoms in total. The molecule has 4 heterocycles. The first-order valence-electron chi connectivity index (χ1n) is 14.1. The summed E-state index contributed by atoms with van der Waals surface area (Å²) in [5, 5.41) is 6.19. The third-order valence-electron chi connectivity index (χ3n) is 8.73. The summed E-state index contributed by atoms with van der Waals surface area (Å²) < 4.78 is 17.8. The number of hydrogen-bond donors (Lipinski definition) is 2. The summed E-state index contributed by atoms with van der Waals surface area (Å²) in [6, 6.07) is 6.44. The monoisotopic (exact) mass is 523 g/mol. The summed E-state index contributed by atoms with van der Waals surface area (Å²) in [5.41, 5.74) is -0.535. The minimum Gasteiger partial charge on any atom is -0.494 e. The average Bonchev–Trinajstić information content (AvgIpc) is 3.69. The second kappa shape index (κ2) is 10.3. The number of nitrogens with one attached hydrogen (secondary N) is 2. The summed E-state index contributed by atoms with van der Waals surface area (Å²) in [6.07, 6.45) is 10.1. The molecule has 0 unspecified atom stereocenters. The highest BCUT2D eigenvalue weighted by molar-refractivity contribution is 6.02. The van der Waals surface area contributed by atoms with Crippen molar-refractivity contribution >= 4 is 23.4 Å². The highest BCUT2D eigenvalue weighted by Crippen LogP contribution is 2.55. The van der Waals surface area contributed by atoms with E-state index in [1.165, 1.54) is 6.42 Å². The normalized spacial score (nSPS) is 34.0. The predicted molar refractivity (Wildman–Crippen MR) is 139 cm³/mol. The lowest BCUT2D eigenvalue weighted by Crippen LogP contribution is -2.57. The van der Waals surface area contributed by atoms with Gasteiger partial charge in [-0.15, -0.1) is 0 Å². The van der Waals surface area contributed by atoms with Crippen LogP contribution in [-0.2, 0) is 23.9 Å². The van der Waals surface area contributed by atoms with Gasteiger partial charge < -0.3 is 29.7 Å². The van der Waals surface area contributed by atoms with E-state index in [0.29, 0.717) is 25.4 Å². The predicted octanol–water partition coefficient (Wildman–Crippen LogP) is 2.80. The van der Waals surface area contributed by atoms with Gasteiger partial charge in [-0.05, 0) is 56.9 Å². The molecule has 4 aliphatic heterocycles. The average molecular weight is 524 g/mol. The van der Waals surface area contributed by atoms with Gasteiger partial charge in [0.25, 0.3) is 0 Å². The van der Waals surface area contributed by atoms with Crippen molar-refractivity contribution in [2.24, 2.45) is 11.8 Å². The number of carbonyl (C=O) groups excluding carboxylic acids is 3. The Morgan fingerprint density at radius 3 is 2.58 bits per heavy atom. The number of fused-ring (bicyclic) bond motifs is 1. The maximum atomic E-state index is 14.0. The molecule has 5 aliphatic rings. The van der Waals surface area contributed by atoms with Crippen LogP contribution in [-0.4, -0.2) is 72.3 Å². The van der Waals surface area contributed by atoms with Crippen LogP contribution in [0.25, 0.3) is 0 Å². The molecule has 4 fully saturated rings. The minimum atomic E-state index is -1.15. The van der Waals surface area contributed by atoms with Crippen LogP contribution in [0.2, 0.25) is 0 Å². The van der Waals surface area contributed by atoms with Gasteiger partial charge in [-0.1, -0.05) is 31.4 Å². The smallest absolute Gasteiger partial charge is 0.246 e. The molecule has 0 radical (unpaired) electrons. The largest absolute Gasteiger partial charge is 0.494 e. The van der Waals surface area contributed by atoms with Crippen LogP contribution in [0.1, 0.15) is 51.9 Å². The Balaban J connectivity index is 1.26. The van der Waals surface area contributed by atoms with E-state index in [2.05, 4.69) is 10.6 Å². The third-order valence-corrected chi connectivity index (χ3v) is 8.73. The van der Waals surface area contributed by atoms with Gasteiger partial charge in [0, 0.05) is 24.9 Å². The van der Waals surface area contributed by atoms with Crippen LogP contribution in [0.3, 0.4) is 0 Å². The Morgan fingerprint density at radius 1 is 1.08 bits per heavy atom. The molecule has 1 spiro atoms. The van der Waals surface area contributed by atoms with E-state index in [-0.39, 0.29) is 29.9 Å². The van der Waals surface area contributed by atoms with Gasteiger partial charge in [0.15, 0.2) is 0 Å². The molecule has 9 heteroatoms. The maximum absolute atomic E-state index is 14.0. The molecule has 1 saturated carbocycles. The molecule has 0 aromatic heterocycles. The zero-order valence-electron chi connectivity index (χ0n) is 21.9. The first kappa shape index (κ1) is 25.4. The van der Waals surface area contributed by atoms with Gasteiger partial charge >= 0.3 is 0 Å². The van der Waals surface area contributed by atoms with Gasteiger partial charge in [-0.25, -0.2) is 0 Å². The Bertz CT molecular complexity index is 1090. The van der Waals surface area contributed by atoms with Crippen molar-refractivity contribution in [1.29, 1.82) is 0 Å². The molecule has 1 aromatic carbocycles.